The fourth-order valence-corrected chi connectivity index (χ4v) is 1.07. The quantitative estimate of drug-likeness (QED) is 0.354. The predicted octanol–water partition coefficient (Wildman–Crippen LogP) is 1.28. The highest BCUT2D eigenvalue weighted by Crippen LogP contribution is 2.20. The van der Waals surface area contributed by atoms with E-state index in [1.807, 2.05) is 0 Å². The minimum absolute atomic E-state index is 0.0690. The highest BCUT2D eigenvalue weighted by atomic mass is 16.6. The topological polar surface area (TPSA) is 38.8 Å². The minimum Gasteiger partial charge on any atom is -0.456 e. The third-order valence-electron chi connectivity index (χ3n) is 1.78. The second-order valence-corrected chi connectivity index (χ2v) is 2.84. The molecule has 2 unspecified atom stereocenters. The number of ether oxygens (including phenoxy) is 2. The van der Waals surface area contributed by atoms with Crippen molar-refractivity contribution in [2.75, 3.05) is 6.61 Å². The van der Waals surface area contributed by atoms with Crippen molar-refractivity contribution in [2.24, 2.45) is 0 Å². The molecular weight excluding hydrogens is 156 g/mol. The van der Waals surface area contributed by atoms with E-state index in [0.29, 0.717) is 0 Å². The van der Waals surface area contributed by atoms with Crippen LogP contribution >= 0.6 is 0 Å². The second kappa shape index (κ2) is 4.26. The van der Waals surface area contributed by atoms with Crippen molar-refractivity contribution in [1.82, 2.24) is 0 Å². The van der Waals surface area contributed by atoms with Gasteiger partial charge in [-0.15, -0.1) is 0 Å². The van der Waals surface area contributed by atoms with Gasteiger partial charge in [-0.3, -0.25) is 0 Å². The smallest absolute Gasteiger partial charge is 0.330 e. The van der Waals surface area contributed by atoms with Crippen LogP contribution in [0.1, 0.15) is 19.8 Å². The van der Waals surface area contributed by atoms with E-state index < -0.39 is 0 Å². The number of carbonyl (C=O) groups excluding carboxylic acids is 1. The first kappa shape index (κ1) is 9.26. The van der Waals surface area contributed by atoms with E-state index in [-0.39, 0.29) is 18.2 Å². The zero-order chi connectivity index (χ0) is 8.97. The minimum atomic E-state index is -0.357. The Balaban J connectivity index is 2.31. The Morgan fingerprint density at radius 1 is 1.92 bits per heavy atom. The molecule has 1 rings (SSSR count). The van der Waals surface area contributed by atoms with E-state index in [4.69, 9.17) is 9.47 Å². The first-order valence-corrected chi connectivity index (χ1v) is 4.22. The van der Waals surface area contributed by atoms with Crippen LogP contribution in [0.5, 0.6) is 0 Å². The van der Waals surface area contributed by atoms with E-state index in [1.165, 1.54) is 6.08 Å². The molecule has 1 saturated heterocycles. The molecule has 0 aliphatic carbocycles. The lowest BCUT2D eigenvalue weighted by Gasteiger charge is -2.12. The van der Waals surface area contributed by atoms with Crippen molar-refractivity contribution in [3.05, 3.63) is 12.7 Å². The summed E-state index contributed by atoms with van der Waals surface area (Å²) in [6.07, 6.45) is 3.11. The summed E-state index contributed by atoms with van der Waals surface area (Å²) in [6, 6.07) is 0. The Hall–Kier alpha value is -0.830. The SMILES string of the molecule is C=CC(=O)OC(CCC)C1CO1. The molecule has 2 atom stereocenters. The first-order valence-electron chi connectivity index (χ1n) is 4.22. The van der Waals surface area contributed by atoms with Gasteiger partial charge in [0.1, 0.15) is 12.2 Å². The van der Waals surface area contributed by atoms with Crippen LogP contribution < -0.4 is 0 Å². The molecule has 0 aromatic rings. The summed E-state index contributed by atoms with van der Waals surface area (Å²) in [6.45, 7) is 6.11. The van der Waals surface area contributed by atoms with Crippen LogP contribution in [0.15, 0.2) is 12.7 Å². The average molecular weight is 170 g/mol. The largest absolute Gasteiger partial charge is 0.456 e. The van der Waals surface area contributed by atoms with Gasteiger partial charge in [0.25, 0.3) is 0 Å². The van der Waals surface area contributed by atoms with Gasteiger partial charge in [0.2, 0.25) is 0 Å². The molecular formula is C9H14O3. The van der Waals surface area contributed by atoms with Crippen molar-refractivity contribution < 1.29 is 14.3 Å². The van der Waals surface area contributed by atoms with Gasteiger partial charge in [-0.1, -0.05) is 19.9 Å². The van der Waals surface area contributed by atoms with E-state index in [1.54, 1.807) is 0 Å². The molecule has 1 aliphatic heterocycles. The fraction of sp³-hybridized carbons (Fsp3) is 0.667. The zero-order valence-corrected chi connectivity index (χ0v) is 7.29. The molecule has 68 valence electrons. The standard InChI is InChI=1S/C9H14O3/c1-3-5-7(8-6-11-8)12-9(10)4-2/h4,7-8H,2-3,5-6H2,1H3. The maximum Gasteiger partial charge on any atom is 0.330 e. The number of hydrogen-bond donors (Lipinski definition) is 0. The lowest BCUT2D eigenvalue weighted by Crippen LogP contribution is -2.22. The highest BCUT2D eigenvalue weighted by molar-refractivity contribution is 5.81. The Bertz CT molecular complexity index is 173. The van der Waals surface area contributed by atoms with Crippen LogP contribution in [0.3, 0.4) is 0 Å². The van der Waals surface area contributed by atoms with E-state index >= 15 is 0 Å². The van der Waals surface area contributed by atoms with Gasteiger partial charge >= 0.3 is 5.97 Å². The number of carbonyl (C=O) groups is 1. The number of hydrogen-bond acceptors (Lipinski definition) is 3. The number of esters is 1. The summed E-state index contributed by atoms with van der Waals surface area (Å²) in [5, 5.41) is 0. The third-order valence-corrected chi connectivity index (χ3v) is 1.78. The van der Waals surface area contributed by atoms with Gasteiger partial charge in [0, 0.05) is 6.08 Å². The maximum atomic E-state index is 10.8. The molecule has 0 bridgehead atoms. The Labute approximate surface area is 72.4 Å². The van der Waals surface area contributed by atoms with Crippen molar-refractivity contribution in [1.29, 1.82) is 0 Å². The summed E-state index contributed by atoms with van der Waals surface area (Å²) >= 11 is 0. The normalized spacial score (nSPS) is 22.9. The van der Waals surface area contributed by atoms with Crippen LogP contribution in [-0.2, 0) is 14.3 Å². The lowest BCUT2D eigenvalue weighted by molar-refractivity contribution is -0.144. The lowest BCUT2D eigenvalue weighted by atomic mass is 10.1. The third kappa shape index (κ3) is 2.66. The molecule has 1 fully saturated rings. The Kier molecular flexibility index (Phi) is 3.29. The molecule has 1 heterocycles. The summed E-state index contributed by atoms with van der Waals surface area (Å²) < 4.78 is 10.1. The van der Waals surface area contributed by atoms with Gasteiger partial charge in [0.05, 0.1) is 6.61 Å². The maximum absolute atomic E-state index is 10.8. The van der Waals surface area contributed by atoms with Gasteiger partial charge < -0.3 is 9.47 Å². The Morgan fingerprint density at radius 3 is 3.00 bits per heavy atom. The summed E-state index contributed by atoms with van der Waals surface area (Å²) in [5.41, 5.74) is 0. The van der Waals surface area contributed by atoms with Crippen LogP contribution in [0, 0.1) is 0 Å². The van der Waals surface area contributed by atoms with Gasteiger partial charge in [-0.05, 0) is 6.42 Å². The van der Waals surface area contributed by atoms with Gasteiger partial charge in [0.15, 0.2) is 0 Å². The molecule has 0 saturated carbocycles. The van der Waals surface area contributed by atoms with Crippen molar-refractivity contribution in [3.8, 4) is 0 Å². The van der Waals surface area contributed by atoms with Crippen molar-refractivity contribution in [3.63, 3.8) is 0 Å². The molecule has 0 N–H and O–H groups in total. The van der Waals surface area contributed by atoms with E-state index in [0.717, 1.165) is 19.4 Å². The average Bonchev–Trinajstić information content (AvgIpc) is 2.86. The van der Waals surface area contributed by atoms with Crippen LogP contribution in [0.2, 0.25) is 0 Å². The van der Waals surface area contributed by atoms with E-state index in [9.17, 15) is 4.79 Å². The molecule has 0 radical (unpaired) electrons. The van der Waals surface area contributed by atoms with Gasteiger partial charge in [-0.2, -0.15) is 0 Å². The molecule has 0 spiro atoms. The van der Waals surface area contributed by atoms with Crippen LogP contribution in [-0.4, -0.2) is 24.8 Å². The molecule has 0 aromatic carbocycles. The fourth-order valence-electron chi connectivity index (χ4n) is 1.07. The molecule has 3 nitrogen and oxygen atoms in total. The summed E-state index contributed by atoms with van der Waals surface area (Å²) in [7, 11) is 0. The van der Waals surface area contributed by atoms with Gasteiger partial charge in [-0.25, -0.2) is 4.79 Å². The monoisotopic (exact) mass is 170 g/mol. The molecule has 0 aromatic heterocycles. The predicted molar refractivity (Wildman–Crippen MR) is 44.7 cm³/mol. The Morgan fingerprint density at radius 2 is 2.58 bits per heavy atom. The van der Waals surface area contributed by atoms with E-state index in [2.05, 4.69) is 13.5 Å². The first-order chi connectivity index (χ1) is 5.77. The molecule has 3 heteroatoms. The van der Waals surface area contributed by atoms with Crippen LogP contribution in [0.4, 0.5) is 0 Å². The molecule has 1 aliphatic rings. The second-order valence-electron chi connectivity index (χ2n) is 2.84. The molecule has 12 heavy (non-hydrogen) atoms. The molecule has 0 amide bonds. The van der Waals surface area contributed by atoms with Crippen molar-refractivity contribution in [2.45, 2.75) is 32.0 Å². The van der Waals surface area contributed by atoms with Crippen LogP contribution in [0.25, 0.3) is 0 Å². The summed E-state index contributed by atoms with van der Waals surface area (Å²) in [5.74, 6) is -0.357. The summed E-state index contributed by atoms with van der Waals surface area (Å²) in [4.78, 5) is 10.8. The highest BCUT2D eigenvalue weighted by Gasteiger charge is 2.34. The number of rotatable bonds is 5. The van der Waals surface area contributed by atoms with Crippen molar-refractivity contribution >= 4 is 5.97 Å². The zero-order valence-electron chi connectivity index (χ0n) is 7.29. The number of epoxide rings is 1.